The molecule has 0 fully saturated rings. The van der Waals surface area contributed by atoms with E-state index in [9.17, 15) is 0 Å². The van der Waals surface area contributed by atoms with Gasteiger partial charge in [0.15, 0.2) is 0 Å². The van der Waals surface area contributed by atoms with E-state index in [1.807, 2.05) is 0 Å². The molecule has 1 N–H and O–H groups in total. The largest absolute Gasteiger partial charge is 0.382 e. The second-order valence-electron chi connectivity index (χ2n) is 3.50. The molecule has 17 heavy (non-hydrogen) atoms. The molecule has 0 radical (unpaired) electrons. The molecule has 1 aromatic rings. The maximum atomic E-state index is 8.96. The molecule has 4 nitrogen and oxygen atoms in total. The molecule has 0 aliphatic rings. The third-order valence-electron chi connectivity index (χ3n) is 2.31. The lowest BCUT2D eigenvalue weighted by Crippen LogP contribution is -2.26. The van der Waals surface area contributed by atoms with Crippen LogP contribution < -0.4 is 5.32 Å². The number of nitrogens with one attached hydrogen (secondary N) is 1. The van der Waals surface area contributed by atoms with Crippen molar-refractivity contribution in [3.05, 3.63) is 28.8 Å². The lowest BCUT2D eigenvalue weighted by atomic mass is 10.2. The Morgan fingerprint density at radius 3 is 2.82 bits per heavy atom. The van der Waals surface area contributed by atoms with Crippen molar-refractivity contribution in [1.29, 1.82) is 5.26 Å². The molecule has 1 rings (SSSR count). The highest BCUT2D eigenvalue weighted by molar-refractivity contribution is 6.30. The Labute approximate surface area is 106 Å². The first-order valence-corrected chi connectivity index (χ1v) is 5.54. The summed E-state index contributed by atoms with van der Waals surface area (Å²) in [5, 5.41) is 12.7. The van der Waals surface area contributed by atoms with Crippen molar-refractivity contribution < 1.29 is 9.47 Å². The van der Waals surface area contributed by atoms with Gasteiger partial charge in [-0.1, -0.05) is 11.6 Å². The van der Waals surface area contributed by atoms with Gasteiger partial charge in [0.05, 0.1) is 24.0 Å². The number of anilines is 1. The fourth-order valence-corrected chi connectivity index (χ4v) is 1.56. The Bertz CT molecular complexity index is 404. The molecule has 0 aliphatic carbocycles. The van der Waals surface area contributed by atoms with E-state index in [-0.39, 0.29) is 6.10 Å². The molecule has 1 aromatic carbocycles. The maximum Gasteiger partial charge on any atom is 0.101 e. The minimum atomic E-state index is -0.0535. The molecule has 92 valence electrons. The van der Waals surface area contributed by atoms with Crippen LogP contribution in [0.2, 0.25) is 5.02 Å². The Morgan fingerprint density at radius 1 is 1.47 bits per heavy atom. The van der Waals surface area contributed by atoms with E-state index in [1.54, 1.807) is 32.4 Å². The molecule has 0 saturated carbocycles. The molecule has 1 unspecified atom stereocenters. The fraction of sp³-hybridized carbons (Fsp3) is 0.417. The predicted octanol–water partition coefficient (Wildman–Crippen LogP) is 2.28. The normalized spacial score (nSPS) is 11.9. The zero-order valence-electron chi connectivity index (χ0n) is 9.87. The number of halogens is 1. The Kier molecular flexibility index (Phi) is 5.78. The van der Waals surface area contributed by atoms with E-state index in [0.717, 1.165) is 5.69 Å². The van der Waals surface area contributed by atoms with Gasteiger partial charge in [0.1, 0.15) is 6.07 Å². The van der Waals surface area contributed by atoms with Crippen LogP contribution in [0, 0.1) is 11.3 Å². The molecule has 5 heteroatoms. The molecular weight excluding hydrogens is 240 g/mol. The summed E-state index contributed by atoms with van der Waals surface area (Å²) in [5.74, 6) is 0. The van der Waals surface area contributed by atoms with Crippen LogP contribution in [0.15, 0.2) is 18.2 Å². The summed E-state index contributed by atoms with van der Waals surface area (Å²) in [5.41, 5.74) is 1.26. The summed E-state index contributed by atoms with van der Waals surface area (Å²) >= 11 is 5.81. The Morgan fingerprint density at radius 2 is 2.24 bits per heavy atom. The quantitative estimate of drug-likeness (QED) is 0.846. The summed E-state index contributed by atoms with van der Waals surface area (Å²) in [6, 6.07) is 7.24. The molecule has 0 amide bonds. The molecule has 0 aliphatic heterocycles. The monoisotopic (exact) mass is 254 g/mol. The highest BCUT2D eigenvalue weighted by Crippen LogP contribution is 2.19. The van der Waals surface area contributed by atoms with Crippen LogP contribution in [0.3, 0.4) is 0 Å². The van der Waals surface area contributed by atoms with E-state index >= 15 is 0 Å². The molecule has 0 heterocycles. The van der Waals surface area contributed by atoms with Gasteiger partial charge in [-0.15, -0.1) is 0 Å². The number of nitrogens with zero attached hydrogens (tertiary/aromatic N) is 1. The van der Waals surface area contributed by atoms with Crippen LogP contribution >= 0.6 is 11.6 Å². The van der Waals surface area contributed by atoms with Gasteiger partial charge in [-0.25, -0.2) is 0 Å². The van der Waals surface area contributed by atoms with Crippen LogP contribution in [-0.2, 0) is 9.47 Å². The zero-order chi connectivity index (χ0) is 12.7. The molecule has 0 saturated heterocycles. The number of rotatable bonds is 6. The van der Waals surface area contributed by atoms with Crippen LogP contribution in [0.25, 0.3) is 0 Å². The van der Waals surface area contributed by atoms with E-state index in [1.165, 1.54) is 0 Å². The highest BCUT2D eigenvalue weighted by Gasteiger charge is 2.08. The van der Waals surface area contributed by atoms with Crippen molar-refractivity contribution in [2.24, 2.45) is 0 Å². The fourth-order valence-electron chi connectivity index (χ4n) is 1.38. The van der Waals surface area contributed by atoms with E-state index in [0.29, 0.717) is 23.7 Å². The lowest BCUT2D eigenvalue weighted by molar-refractivity contribution is 0.0365. The van der Waals surface area contributed by atoms with E-state index in [2.05, 4.69) is 11.4 Å². The van der Waals surface area contributed by atoms with Crippen molar-refractivity contribution in [3.63, 3.8) is 0 Å². The summed E-state index contributed by atoms with van der Waals surface area (Å²) in [6.45, 7) is 1.07. The van der Waals surface area contributed by atoms with Gasteiger partial charge >= 0.3 is 0 Å². The molecule has 0 spiro atoms. The third-order valence-corrected chi connectivity index (χ3v) is 2.54. The number of ether oxygens (including phenoxy) is 2. The predicted molar refractivity (Wildman–Crippen MR) is 67.3 cm³/mol. The second kappa shape index (κ2) is 7.13. The molecule has 0 bridgehead atoms. The first-order valence-electron chi connectivity index (χ1n) is 5.16. The smallest absolute Gasteiger partial charge is 0.101 e. The molecule has 1 atom stereocenters. The minimum absolute atomic E-state index is 0.0535. The minimum Gasteiger partial charge on any atom is -0.382 e. The SMILES string of the molecule is COCC(CNc1ccc(Cl)cc1C#N)OC. The van der Waals surface area contributed by atoms with Crippen molar-refractivity contribution in [1.82, 2.24) is 0 Å². The summed E-state index contributed by atoms with van der Waals surface area (Å²) < 4.78 is 10.2. The van der Waals surface area contributed by atoms with Crippen LogP contribution in [-0.4, -0.2) is 33.5 Å². The molecule has 0 aromatic heterocycles. The van der Waals surface area contributed by atoms with Crippen molar-refractivity contribution in [2.45, 2.75) is 6.10 Å². The van der Waals surface area contributed by atoms with Crippen molar-refractivity contribution in [3.8, 4) is 6.07 Å². The van der Waals surface area contributed by atoms with Gasteiger partial charge in [-0.3, -0.25) is 0 Å². The van der Waals surface area contributed by atoms with Gasteiger partial charge in [0, 0.05) is 25.8 Å². The third kappa shape index (κ3) is 4.23. The second-order valence-corrected chi connectivity index (χ2v) is 3.93. The van der Waals surface area contributed by atoms with Crippen molar-refractivity contribution in [2.75, 3.05) is 32.7 Å². The van der Waals surface area contributed by atoms with Crippen LogP contribution in [0.5, 0.6) is 0 Å². The Balaban J connectivity index is 2.65. The Hall–Kier alpha value is -1.28. The van der Waals surface area contributed by atoms with Gasteiger partial charge in [-0.2, -0.15) is 5.26 Å². The standard InChI is InChI=1S/C12H15ClN2O2/c1-16-8-11(17-2)7-15-12-4-3-10(13)5-9(12)6-14/h3-5,11,15H,7-8H2,1-2H3. The lowest BCUT2D eigenvalue weighted by Gasteiger charge is -2.16. The first-order chi connectivity index (χ1) is 8.21. The number of hydrogen-bond acceptors (Lipinski definition) is 4. The average molecular weight is 255 g/mol. The number of hydrogen-bond donors (Lipinski definition) is 1. The van der Waals surface area contributed by atoms with Crippen LogP contribution in [0.4, 0.5) is 5.69 Å². The van der Waals surface area contributed by atoms with E-state index in [4.69, 9.17) is 26.3 Å². The van der Waals surface area contributed by atoms with Gasteiger partial charge < -0.3 is 14.8 Å². The number of nitriles is 1. The average Bonchev–Trinajstić information content (AvgIpc) is 2.35. The topological polar surface area (TPSA) is 54.3 Å². The van der Waals surface area contributed by atoms with Gasteiger partial charge in [0.2, 0.25) is 0 Å². The van der Waals surface area contributed by atoms with Gasteiger partial charge in [-0.05, 0) is 18.2 Å². The maximum absolute atomic E-state index is 8.96. The molecular formula is C12H15ClN2O2. The van der Waals surface area contributed by atoms with Gasteiger partial charge in [0.25, 0.3) is 0 Å². The number of methoxy groups -OCH3 is 2. The first kappa shape index (κ1) is 13.8. The number of benzene rings is 1. The highest BCUT2D eigenvalue weighted by atomic mass is 35.5. The zero-order valence-corrected chi connectivity index (χ0v) is 10.6. The summed E-state index contributed by atoms with van der Waals surface area (Å²) in [7, 11) is 3.24. The van der Waals surface area contributed by atoms with E-state index < -0.39 is 0 Å². The van der Waals surface area contributed by atoms with Crippen LogP contribution in [0.1, 0.15) is 5.56 Å². The van der Waals surface area contributed by atoms with Crippen molar-refractivity contribution >= 4 is 17.3 Å². The summed E-state index contributed by atoms with van der Waals surface area (Å²) in [6.07, 6.45) is -0.0535. The summed E-state index contributed by atoms with van der Waals surface area (Å²) in [4.78, 5) is 0.